The zero-order chi connectivity index (χ0) is 32.1. The number of unbranched alkanes of at least 4 members (excludes halogenated alkanes) is 5. The Balaban J connectivity index is 1.35. The van der Waals surface area contributed by atoms with E-state index in [4.69, 9.17) is 9.57 Å². The molecule has 10 nitrogen and oxygen atoms in total. The van der Waals surface area contributed by atoms with Gasteiger partial charge in [-0.25, -0.2) is 5.48 Å². The van der Waals surface area contributed by atoms with Gasteiger partial charge in [0, 0.05) is 25.0 Å². The molecule has 0 aliphatic carbocycles. The molecule has 0 radical (unpaired) electrons. The molecule has 0 unspecified atom stereocenters. The Morgan fingerprint density at radius 2 is 1.40 bits per heavy atom. The monoisotopic (exact) mass is 615 g/mol. The van der Waals surface area contributed by atoms with Crippen LogP contribution in [0.4, 0.5) is 5.69 Å². The number of allylic oxidation sites excluding steroid dienone is 1. The molecule has 3 aromatic rings. The zero-order valence-corrected chi connectivity index (χ0v) is 25.4. The van der Waals surface area contributed by atoms with E-state index in [0.717, 1.165) is 48.8 Å². The Kier molecular flexibility index (Phi) is 15.5. The molecular weight excluding hydrogens is 574 g/mol. The number of carbonyl (C=O) groups is 3. The second-order valence-electron chi connectivity index (χ2n) is 10.6. The number of ether oxygens (including phenoxy) is 1. The van der Waals surface area contributed by atoms with Crippen LogP contribution in [0.25, 0.3) is 6.08 Å². The van der Waals surface area contributed by atoms with Gasteiger partial charge in [0.1, 0.15) is 12.6 Å². The largest absolute Gasteiger partial charge is 0.461 e. The van der Waals surface area contributed by atoms with Crippen LogP contribution in [-0.2, 0) is 37.2 Å². The summed E-state index contributed by atoms with van der Waals surface area (Å²) < 4.78 is 5.32. The molecule has 10 heteroatoms. The Labute approximate surface area is 263 Å². The Morgan fingerprint density at radius 1 is 0.778 bits per heavy atom. The highest BCUT2D eigenvalue weighted by molar-refractivity contribution is 5.87. The van der Waals surface area contributed by atoms with Crippen molar-refractivity contribution in [2.45, 2.75) is 77.0 Å². The smallest absolute Gasteiger partial charge is 0.306 e. The number of non-ortho nitro benzene ring substituents is 1. The third-order valence-corrected chi connectivity index (χ3v) is 6.97. The molecule has 0 aliphatic rings. The summed E-state index contributed by atoms with van der Waals surface area (Å²) in [6.45, 7) is 0.304. The highest BCUT2D eigenvalue weighted by Crippen LogP contribution is 2.14. The van der Waals surface area contributed by atoms with Crippen LogP contribution >= 0.6 is 0 Å². The van der Waals surface area contributed by atoms with Crippen molar-refractivity contribution in [1.29, 1.82) is 0 Å². The van der Waals surface area contributed by atoms with Crippen molar-refractivity contribution in [3.05, 3.63) is 118 Å². The van der Waals surface area contributed by atoms with Gasteiger partial charge < -0.3 is 10.1 Å². The van der Waals surface area contributed by atoms with E-state index in [0.29, 0.717) is 6.42 Å². The summed E-state index contributed by atoms with van der Waals surface area (Å²) in [6.07, 6.45) is 9.77. The summed E-state index contributed by atoms with van der Waals surface area (Å²) >= 11 is 0. The predicted molar refractivity (Wildman–Crippen MR) is 171 cm³/mol. The van der Waals surface area contributed by atoms with Crippen molar-refractivity contribution in [1.82, 2.24) is 10.8 Å². The Bertz CT molecular complexity index is 1360. The van der Waals surface area contributed by atoms with Crippen LogP contribution in [0.15, 0.2) is 91.0 Å². The molecule has 45 heavy (non-hydrogen) atoms. The van der Waals surface area contributed by atoms with E-state index in [1.165, 1.54) is 12.1 Å². The molecule has 0 aliphatic heterocycles. The summed E-state index contributed by atoms with van der Waals surface area (Å²) in [6, 6.07) is 24.2. The number of nitrogens with zero attached hydrogens (tertiary/aromatic N) is 1. The first-order chi connectivity index (χ1) is 21.9. The summed E-state index contributed by atoms with van der Waals surface area (Å²) in [5.74, 6) is -1.25. The zero-order valence-electron chi connectivity index (χ0n) is 25.4. The van der Waals surface area contributed by atoms with Crippen molar-refractivity contribution in [3.8, 4) is 0 Å². The second kappa shape index (κ2) is 20.2. The van der Waals surface area contributed by atoms with Crippen LogP contribution in [0.1, 0.15) is 74.5 Å². The lowest BCUT2D eigenvalue weighted by Gasteiger charge is -2.18. The summed E-state index contributed by atoms with van der Waals surface area (Å²) in [5, 5.41) is 13.5. The minimum Gasteiger partial charge on any atom is -0.461 e. The molecule has 1 atom stereocenters. The third kappa shape index (κ3) is 14.5. The van der Waals surface area contributed by atoms with Gasteiger partial charge in [-0.05, 0) is 54.5 Å². The SMILES string of the molecule is O=C(CCCCCCCC=Cc1ccc([N+](=O)[O-])cc1)N[C@H](CCC(=O)OCc1ccccc1)C(=O)NOCc1ccccc1. The highest BCUT2D eigenvalue weighted by Gasteiger charge is 2.22. The van der Waals surface area contributed by atoms with Gasteiger partial charge in [-0.15, -0.1) is 0 Å². The van der Waals surface area contributed by atoms with Gasteiger partial charge in [-0.2, -0.15) is 0 Å². The van der Waals surface area contributed by atoms with Gasteiger partial charge in [-0.3, -0.25) is 29.3 Å². The number of hydrogen-bond acceptors (Lipinski definition) is 7. The fourth-order valence-electron chi connectivity index (χ4n) is 4.45. The van der Waals surface area contributed by atoms with E-state index >= 15 is 0 Å². The van der Waals surface area contributed by atoms with Gasteiger partial charge in [0.05, 0.1) is 11.5 Å². The van der Waals surface area contributed by atoms with E-state index in [-0.39, 0.29) is 44.1 Å². The lowest BCUT2D eigenvalue weighted by atomic mass is 10.1. The first-order valence-electron chi connectivity index (χ1n) is 15.3. The van der Waals surface area contributed by atoms with Crippen LogP contribution in [0.5, 0.6) is 0 Å². The number of nitrogens with one attached hydrogen (secondary N) is 2. The van der Waals surface area contributed by atoms with E-state index < -0.39 is 22.8 Å². The maximum atomic E-state index is 12.9. The van der Waals surface area contributed by atoms with E-state index in [2.05, 4.69) is 16.9 Å². The number of esters is 1. The van der Waals surface area contributed by atoms with Crippen molar-refractivity contribution < 1.29 is 28.9 Å². The van der Waals surface area contributed by atoms with Crippen LogP contribution in [0.2, 0.25) is 0 Å². The van der Waals surface area contributed by atoms with Gasteiger partial charge in [0.15, 0.2) is 0 Å². The molecule has 2 amide bonds. The van der Waals surface area contributed by atoms with Crippen molar-refractivity contribution >= 4 is 29.5 Å². The molecule has 0 aromatic heterocycles. The van der Waals surface area contributed by atoms with E-state index in [9.17, 15) is 24.5 Å². The number of nitro groups is 1. The molecule has 3 rings (SSSR count). The predicted octanol–water partition coefficient (Wildman–Crippen LogP) is 6.60. The topological polar surface area (TPSA) is 137 Å². The first kappa shape index (κ1) is 34.7. The van der Waals surface area contributed by atoms with Gasteiger partial charge in [0.25, 0.3) is 11.6 Å². The number of benzene rings is 3. The molecule has 0 bridgehead atoms. The van der Waals surface area contributed by atoms with Crippen LogP contribution < -0.4 is 10.8 Å². The molecule has 3 aromatic carbocycles. The fourth-order valence-corrected chi connectivity index (χ4v) is 4.45. The maximum absolute atomic E-state index is 12.9. The number of rotatable bonds is 20. The standard InChI is InChI=1S/C35H41N3O7/c39-33(19-13-5-3-1-2-4-8-14-28-20-22-31(23-21-28)38(42)43)36-32(35(41)37-45-27-30-17-11-7-12-18-30)24-25-34(40)44-26-29-15-9-6-10-16-29/h6-12,14-18,20-23,32H,1-5,13,19,24-27H2,(H,36,39)(H,37,41)/t32-/m1/s1. The quantitative estimate of drug-likeness (QED) is 0.0633. The molecule has 0 spiro atoms. The number of hydroxylamine groups is 1. The molecule has 0 saturated carbocycles. The molecule has 0 fully saturated rings. The Morgan fingerprint density at radius 3 is 2.07 bits per heavy atom. The summed E-state index contributed by atoms with van der Waals surface area (Å²) in [7, 11) is 0. The van der Waals surface area contributed by atoms with Crippen molar-refractivity contribution in [2.75, 3.05) is 0 Å². The number of nitro benzene ring substituents is 1. The highest BCUT2D eigenvalue weighted by atomic mass is 16.7. The molecule has 238 valence electrons. The number of amides is 2. The normalized spacial score (nSPS) is 11.6. The summed E-state index contributed by atoms with van der Waals surface area (Å²) in [4.78, 5) is 53.6. The molecule has 2 N–H and O–H groups in total. The molecular formula is C35H41N3O7. The van der Waals surface area contributed by atoms with Gasteiger partial charge in [-0.1, -0.05) is 92.1 Å². The number of carbonyl (C=O) groups excluding carboxylic acids is 3. The van der Waals surface area contributed by atoms with Gasteiger partial charge in [0.2, 0.25) is 5.91 Å². The van der Waals surface area contributed by atoms with Crippen LogP contribution in [-0.4, -0.2) is 28.7 Å². The second-order valence-corrected chi connectivity index (χ2v) is 10.6. The molecule has 0 heterocycles. The lowest BCUT2D eigenvalue weighted by Crippen LogP contribution is -2.46. The van der Waals surface area contributed by atoms with E-state index in [1.807, 2.05) is 66.7 Å². The van der Waals surface area contributed by atoms with E-state index in [1.54, 1.807) is 12.1 Å². The average Bonchev–Trinajstić information content (AvgIpc) is 3.06. The lowest BCUT2D eigenvalue weighted by molar-refractivity contribution is -0.384. The van der Waals surface area contributed by atoms with Crippen LogP contribution in [0, 0.1) is 10.1 Å². The van der Waals surface area contributed by atoms with Crippen molar-refractivity contribution in [2.24, 2.45) is 0 Å². The maximum Gasteiger partial charge on any atom is 0.306 e. The van der Waals surface area contributed by atoms with Crippen molar-refractivity contribution in [3.63, 3.8) is 0 Å². The number of hydrogen-bond donors (Lipinski definition) is 2. The minimum absolute atomic E-state index is 0.0392. The van der Waals surface area contributed by atoms with Crippen LogP contribution in [0.3, 0.4) is 0 Å². The molecule has 0 saturated heterocycles. The van der Waals surface area contributed by atoms with Gasteiger partial charge >= 0.3 is 5.97 Å². The average molecular weight is 616 g/mol. The Hall–Kier alpha value is -4.83. The summed E-state index contributed by atoms with van der Waals surface area (Å²) in [5.41, 5.74) is 5.14. The fraction of sp³-hybridized carbons (Fsp3) is 0.343. The third-order valence-electron chi connectivity index (χ3n) is 6.97. The first-order valence-corrected chi connectivity index (χ1v) is 15.3. The minimum atomic E-state index is -0.944.